The van der Waals surface area contributed by atoms with Crippen molar-refractivity contribution in [1.29, 1.82) is 0 Å². The molecule has 1 N–H and O–H groups in total. The van der Waals surface area contributed by atoms with E-state index in [2.05, 4.69) is 5.32 Å². The van der Waals surface area contributed by atoms with Crippen LogP contribution in [0.3, 0.4) is 0 Å². The number of rotatable bonds is 8. The second kappa shape index (κ2) is 7.33. The van der Waals surface area contributed by atoms with Gasteiger partial charge in [-0.1, -0.05) is 6.07 Å². The Labute approximate surface area is 126 Å². The zero-order valence-electron chi connectivity index (χ0n) is 12.5. The van der Waals surface area contributed by atoms with Gasteiger partial charge in [0.05, 0.1) is 18.1 Å². The highest BCUT2D eigenvalue weighted by Crippen LogP contribution is 2.22. The van der Waals surface area contributed by atoms with Gasteiger partial charge in [-0.15, -0.1) is 0 Å². The van der Waals surface area contributed by atoms with Crippen molar-refractivity contribution in [1.82, 2.24) is 9.62 Å². The second-order valence-electron chi connectivity index (χ2n) is 4.92. The molecule has 0 saturated carbocycles. The second-order valence-corrected chi connectivity index (χ2v) is 6.86. The number of fused-ring (bicyclic) bond motifs is 1. The Bertz CT molecular complexity index is 566. The maximum atomic E-state index is 12.7. The van der Waals surface area contributed by atoms with Crippen molar-refractivity contribution in [2.75, 3.05) is 40.5 Å². The van der Waals surface area contributed by atoms with Crippen molar-refractivity contribution < 1.29 is 17.9 Å². The Morgan fingerprint density at radius 2 is 1.71 bits per heavy atom. The van der Waals surface area contributed by atoms with E-state index in [1.165, 1.54) is 4.31 Å². The number of nitrogens with one attached hydrogen (secondary N) is 1. The lowest BCUT2D eigenvalue weighted by molar-refractivity contribution is 0.150. The molecule has 0 spiro atoms. The summed E-state index contributed by atoms with van der Waals surface area (Å²) in [5.41, 5.74) is 2.21. The highest BCUT2D eigenvalue weighted by Gasteiger charge is 2.25. The summed E-state index contributed by atoms with van der Waals surface area (Å²) in [6, 6.07) is 5.32. The first-order chi connectivity index (χ1) is 10.1. The fraction of sp³-hybridized carbons (Fsp3) is 0.571. The van der Waals surface area contributed by atoms with Crippen LogP contribution in [0.1, 0.15) is 11.1 Å². The molecule has 0 fully saturated rings. The molecule has 1 aliphatic rings. The van der Waals surface area contributed by atoms with Gasteiger partial charge >= 0.3 is 0 Å². The molecule has 7 heteroatoms. The van der Waals surface area contributed by atoms with E-state index in [-0.39, 0.29) is 0 Å². The molecule has 0 amide bonds. The third-order valence-electron chi connectivity index (χ3n) is 3.54. The van der Waals surface area contributed by atoms with Gasteiger partial charge in [-0.05, 0) is 23.3 Å². The van der Waals surface area contributed by atoms with E-state index in [1.54, 1.807) is 26.4 Å². The number of ether oxygens (including phenoxy) is 2. The topological polar surface area (TPSA) is 67.9 Å². The first kappa shape index (κ1) is 16.4. The van der Waals surface area contributed by atoms with Gasteiger partial charge < -0.3 is 14.8 Å². The normalized spacial score (nSPS) is 14.6. The van der Waals surface area contributed by atoms with Gasteiger partial charge in [-0.3, -0.25) is 0 Å². The van der Waals surface area contributed by atoms with E-state index >= 15 is 0 Å². The van der Waals surface area contributed by atoms with E-state index in [9.17, 15) is 8.42 Å². The molecule has 0 bridgehead atoms. The summed E-state index contributed by atoms with van der Waals surface area (Å²) >= 11 is 0. The van der Waals surface area contributed by atoms with E-state index in [1.807, 2.05) is 6.07 Å². The fourth-order valence-electron chi connectivity index (χ4n) is 2.32. The lowest BCUT2D eigenvalue weighted by Crippen LogP contribution is -2.36. The van der Waals surface area contributed by atoms with Gasteiger partial charge in [-0.2, -0.15) is 4.31 Å². The molecule has 0 unspecified atom stereocenters. The van der Waals surface area contributed by atoms with Crippen LogP contribution in [0, 0.1) is 0 Å². The summed E-state index contributed by atoms with van der Waals surface area (Å²) in [4.78, 5) is 0.331. The molecule has 6 nitrogen and oxygen atoms in total. The molecule has 0 radical (unpaired) electrons. The van der Waals surface area contributed by atoms with Gasteiger partial charge in [0.15, 0.2) is 0 Å². The standard InChI is InChI=1S/C14H22N2O4S/c1-19-7-5-16(6-8-20-2)21(17,18)14-4-3-12-10-15-11-13(12)9-14/h3-4,9,15H,5-8,10-11H2,1-2H3. The molecular formula is C14H22N2O4S. The van der Waals surface area contributed by atoms with Crippen molar-refractivity contribution in [2.24, 2.45) is 0 Å². The molecule has 1 aromatic carbocycles. The third-order valence-corrected chi connectivity index (χ3v) is 5.43. The van der Waals surface area contributed by atoms with Crippen LogP contribution in [0.2, 0.25) is 0 Å². The molecule has 0 aliphatic carbocycles. The van der Waals surface area contributed by atoms with Crippen molar-refractivity contribution in [3.63, 3.8) is 0 Å². The van der Waals surface area contributed by atoms with Gasteiger partial charge in [0.1, 0.15) is 0 Å². The Balaban J connectivity index is 2.24. The zero-order chi connectivity index (χ0) is 15.3. The van der Waals surface area contributed by atoms with Crippen LogP contribution < -0.4 is 5.32 Å². The van der Waals surface area contributed by atoms with Crippen LogP contribution in [0.4, 0.5) is 0 Å². The van der Waals surface area contributed by atoms with Crippen LogP contribution in [-0.4, -0.2) is 53.2 Å². The molecule has 21 heavy (non-hydrogen) atoms. The Hall–Kier alpha value is -0.990. The SMILES string of the molecule is COCCN(CCOC)S(=O)(=O)c1ccc2c(c1)CNC2. The Morgan fingerprint density at radius 3 is 2.33 bits per heavy atom. The van der Waals surface area contributed by atoms with Crippen LogP contribution in [0.25, 0.3) is 0 Å². The third kappa shape index (κ3) is 3.81. The maximum absolute atomic E-state index is 12.7. The number of methoxy groups -OCH3 is 2. The van der Waals surface area contributed by atoms with Gasteiger partial charge in [0.25, 0.3) is 0 Å². The summed E-state index contributed by atoms with van der Waals surface area (Å²) in [7, 11) is -0.406. The molecule has 1 aliphatic heterocycles. The zero-order valence-corrected chi connectivity index (χ0v) is 13.3. The lowest BCUT2D eigenvalue weighted by Gasteiger charge is -2.22. The molecule has 0 saturated heterocycles. The quantitative estimate of drug-likeness (QED) is 0.760. The van der Waals surface area contributed by atoms with E-state index < -0.39 is 10.0 Å². The maximum Gasteiger partial charge on any atom is 0.243 e. The number of benzene rings is 1. The van der Waals surface area contributed by atoms with Crippen molar-refractivity contribution in [2.45, 2.75) is 18.0 Å². The monoisotopic (exact) mass is 314 g/mol. The predicted molar refractivity (Wildman–Crippen MR) is 79.5 cm³/mol. The lowest BCUT2D eigenvalue weighted by atomic mass is 10.1. The van der Waals surface area contributed by atoms with Crippen LogP contribution in [0.5, 0.6) is 0 Å². The first-order valence-electron chi connectivity index (χ1n) is 6.90. The number of nitrogens with zero attached hydrogens (tertiary/aromatic N) is 1. The first-order valence-corrected chi connectivity index (χ1v) is 8.34. The number of hydrogen-bond donors (Lipinski definition) is 1. The summed E-state index contributed by atoms with van der Waals surface area (Å²) < 4.78 is 36.9. The van der Waals surface area contributed by atoms with E-state index in [0.717, 1.165) is 24.2 Å². The summed E-state index contributed by atoms with van der Waals surface area (Å²) in [5, 5.41) is 3.22. The minimum absolute atomic E-state index is 0.317. The predicted octanol–water partition coefficient (Wildman–Crippen LogP) is 0.573. The average Bonchev–Trinajstić information content (AvgIpc) is 2.94. The van der Waals surface area contributed by atoms with Crippen LogP contribution in [-0.2, 0) is 32.6 Å². The number of hydrogen-bond acceptors (Lipinski definition) is 5. The molecule has 118 valence electrons. The minimum atomic E-state index is -3.52. The van der Waals surface area contributed by atoms with Gasteiger partial charge in [-0.25, -0.2) is 8.42 Å². The molecular weight excluding hydrogens is 292 g/mol. The van der Waals surface area contributed by atoms with Crippen LogP contribution in [0.15, 0.2) is 23.1 Å². The fourth-order valence-corrected chi connectivity index (χ4v) is 3.78. The van der Waals surface area contributed by atoms with E-state index in [4.69, 9.17) is 9.47 Å². The minimum Gasteiger partial charge on any atom is -0.383 e. The molecule has 1 aromatic rings. The molecule has 0 aromatic heterocycles. The highest BCUT2D eigenvalue weighted by molar-refractivity contribution is 7.89. The van der Waals surface area contributed by atoms with Crippen molar-refractivity contribution >= 4 is 10.0 Å². The highest BCUT2D eigenvalue weighted by atomic mass is 32.2. The average molecular weight is 314 g/mol. The number of sulfonamides is 1. The van der Waals surface area contributed by atoms with Gasteiger partial charge in [0.2, 0.25) is 10.0 Å². The summed E-state index contributed by atoms with van der Waals surface area (Å²) in [6.07, 6.45) is 0. The largest absolute Gasteiger partial charge is 0.383 e. The molecule has 2 rings (SSSR count). The van der Waals surface area contributed by atoms with Gasteiger partial charge in [0, 0.05) is 40.4 Å². The summed E-state index contributed by atoms with van der Waals surface area (Å²) in [6.45, 7) is 2.86. The van der Waals surface area contributed by atoms with Crippen molar-refractivity contribution in [3.05, 3.63) is 29.3 Å². The Morgan fingerprint density at radius 1 is 1.10 bits per heavy atom. The van der Waals surface area contributed by atoms with Crippen LogP contribution >= 0.6 is 0 Å². The van der Waals surface area contributed by atoms with Crippen molar-refractivity contribution in [3.8, 4) is 0 Å². The Kier molecular flexibility index (Phi) is 5.72. The summed E-state index contributed by atoms with van der Waals surface area (Å²) in [5.74, 6) is 0. The van der Waals surface area contributed by atoms with E-state index in [0.29, 0.717) is 31.2 Å². The smallest absolute Gasteiger partial charge is 0.243 e. The molecule has 0 atom stereocenters. The molecule has 1 heterocycles.